The van der Waals surface area contributed by atoms with Gasteiger partial charge in [-0.1, -0.05) is 12.1 Å². The van der Waals surface area contributed by atoms with Gasteiger partial charge in [-0.2, -0.15) is 0 Å². The van der Waals surface area contributed by atoms with E-state index in [0.29, 0.717) is 29.4 Å². The summed E-state index contributed by atoms with van der Waals surface area (Å²) in [7, 11) is 3.15. The highest BCUT2D eigenvalue weighted by atomic mass is 16.5. The molecule has 7 nitrogen and oxygen atoms in total. The third-order valence-electron chi connectivity index (χ3n) is 3.60. The fraction of sp³-hybridized carbons (Fsp3) is 0.263. The van der Waals surface area contributed by atoms with Crippen molar-refractivity contribution >= 4 is 11.8 Å². The Bertz CT molecular complexity index is 737. The van der Waals surface area contributed by atoms with Gasteiger partial charge in [0, 0.05) is 36.7 Å². The van der Waals surface area contributed by atoms with Crippen LogP contribution in [0.2, 0.25) is 0 Å². The smallest absolute Gasteiger partial charge is 0.251 e. The fourth-order valence-electron chi connectivity index (χ4n) is 2.18. The minimum atomic E-state index is -0.452. The van der Waals surface area contributed by atoms with Crippen LogP contribution in [0.15, 0.2) is 42.5 Å². The molecule has 2 aromatic carbocycles. The maximum Gasteiger partial charge on any atom is 0.251 e. The van der Waals surface area contributed by atoms with Gasteiger partial charge in [0.25, 0.3) is 5.91 Å². The van der Waals surface area contributed by atoms with E-state index in [1.807, 2.05) is 0 Å². The standard InChI is InChI=1S/C19H22N2O5/c1-24-15-9-16(25-2)11-17(10-15)26-12-13-3-5-14(6-4-13)19(23)21-8-7-18(20)22/h3-6,9-11H,7-8,12H2,1-2H3,(H2,20,22)(H,21,23). The largest absolute Gasteiger partial charge is 0.496 e. The van der Waals surface area contributed by atoms with Crippen LogP contribution in [0.25, 0.3) is 0 Å². The highest BCUT2D eigenvalue weighted by molar-refractivity contribution is 5.94. The molecule has 0 saturated heterocycles. The molecule has 2 aromatic rings. The van der Waals surface area contributed by atoms with Gasteiger partial charge in [0.1, 0.15) is 23.9 Å². The van der Waals surface area contributed by atoms with Crippen molar-refractivity contribution in [3.8, 4) is 17.2 Å². The summed E-state index contributed by atoms with van der Waals surface area (Å²) in [5, 5.41) is 2.63. The zero-order chi connectivity index (χ0) is 18.9. The molecule has 0 radical (unpaired) electrons. The minimum absolute atomic E-state index is 0.113. The van der Waals surface area contributed by atoms with Gasteiger partial charge in [-0.15, -0.1) is 0 Å². The number of hydrogen-bond donors (Lipinski definition) is 2. The van der Waals surface area contributed by atoms with Gasteiger partial charge < -0.3 is 25.3 Å². The van der Waals surface area contributed by atoms with Gasteiger partial charge in [0.15, 0.2) is 0 Å². The third-order valence-corrected chi connectivity index (χ3v) is 3.60. The Balaban J connectivity index is 1.93. The molecule has 2 rings (SSSR count). The highest BCUT2D eigenvalue weighted by Gasteiger charge is 2.07. The van der Waals surface area contributed by atoms with Crippen LogP contribution in [0.4, 0.5) is 0 Å². The van der Waals surface area contributed by atoms with Crippen molar-refractivity contribution < 1.29 is 23.8 Å². The van der Waals surface area contributed by atoms with E-state index < -0.39 is 5.91 Å². The number of nitrogens with one attached hydrogen (secondary N) is 1. The minimum Gasteiger partial charge on any atom is -0.496 e. The van der Waals surface area contributed by atoms with Crippen molar-refractivity contribution in [2.45, 2.75) is 13.0 Å². The average Bonchev–Trinajstić information content (AvgIpc) is 2.66. The van der Waals surface area contributed by atoms with E-state index in [1.54, 1.807) is 56.7 Å². The molecule has 138 valence electrons. The summed E-state index contributed by atoms with van der Waals surface area (Å²) in [5.41, 5.74) is 6.44. The van der Waals surface area contributed by atoms with E-state index in [1.165, 1.54) is 0 Å². The van der Waals surface area contributed by atoms with E-state index in [-0.39, 0.29) is 18.9 Å². The number of carbonyl (C=O) groups is 2. The monoisotopic (exact) mass is 358 g/mol. The second kappa shape index (κ2) is 9.31. The lowest BCUT2D eigenvalue weighted by molar-refractivity contribution is -0.117. The predicted octanol–water partition coefficient (Wildman–Crippen LogP) is 1.89. The SMILES string of the molecule is COc1cc(OC)cc(OCc2ccc(C(=O)NCCC(N)=O)cc2)c1. The molecule has 0 aliphatic rings. The maximum atomic E-state index is 11.9. The number of amides is 2. The Morgan fingerprint density at radius 3 is 2.08 bits per heavy atom. The Hall–Kier alpha value is -3.22. The first-order valence-electron chi connectivity index (χ1n) is 8.03. The number of benzene rings is 2. The molecule has 26 heavy (non-hydrogen) atoms. The van der Waals surface area contributed by atoms with Gasteiger partial charge in [0.05, 0.1) is 14.2 Å². The van der Waals surface area contributed by atoms with Crippen molar-refractivity contribution in [2.24, 2.45) is 5.73 Å². The summed E-state index contributed by atoms with van der Waals surface area (Å²) in [4.78, 5) is 22.6. The molecule has 0 aromatic heterocycles. The first-order valence-corrected chi connectivity index (χ1v) is 8.03. The molecular weight excluding hydrogens is 336 g/mol. The molecule has 0 saturated carbocycles. The van der Waals surface area contributed by atoms with E-state index in [0.717, 1.165) is 5.56 Å². The second-order valence-corrected chi connectivity index (χ2v) is 5.51. The maximum absolute atomic E-state index is 11.9. The van der Waals surface area contributed by atoms with Gasteiger partial charge in [-0.05, 0) is 17.7 Å². The Morgan fingerprint density at radius 1 is 0.962 bits per heavy atom. The van der Waals surface area contributed by atoms with E-state index in [4.69, 9.17) is 19.9 Å². The van der Waals surface area contributed by atoms with Crippen LogP contribution in [0, 0.1) is 0 Å². The summed E-state index contributed by atoms with van der Waals surface area (Å²) in [6.45, 7) is 0.552. The number of hydrogen-bond acceptors (Lipinski definition) is 5. The van der Waals surface area contributed by atoms with E-state index >= 15 is 0 Å². The number of nitrogens with two attached hydrogens (primary N) is 1. The normalized spacial score (nSPS) is 10.1. The van der Waals surface area contributed by atoms with Crippen molar-refractivity contribution in [1.29, 1.82) is 0 Å². The zero-order valence-electron chi connectivity index (χ0n) is 14.8. The van der Waals surface area contributed by atoms with Crippen LogP contribution < -0.4 is 25.3 Å². The topological polar surface area (TPSA) is 99.9 Å². The van der Waals surface area contributed by atoms with Crippen molar-refractivity contribution in [2.75, 3.05) is 20.8 Å². The number of primary amides is 1. The van der Waals surface area contributed by atoms with Crippen LogP contribution in [-0.4, -0.2) is 32.6 Å². The first kappa shape index (κ1) is 19.1. The molecule has 0 heterocycles. The van der Waals surface area contributed by atoms with Crippen LogP contribution in [0.1, 0.15) is 22.3 Å². The Morgan fingerprint density at radius 2 is 1.54 bits per heavy atom. The highest BCUT2D eigenvalue weighted by Crippen LogP contribution is 2.27. The van der Waals surface area contributed by atoms with Crippen LogP contribution >= 0.6 is 0 Å². The molecule has 3 N–H and O–H groups in total. The molecule has 7 heteroatoms. The number of methoxy groups -OCH3 is 2. The van der Waals surface area contributed by atoms with Gasteiger partial charge >= 0.3 is 0 Å². The molecule has 0 spiro atoms. The summed E-state index contributed by atoms with van der Waals surface area (Å²) in [6.07, 6.45) is 0.113. The van der Waals surface area contributed by atoms with Crippen molar-refractivity contribution in [3.63, 3.8) is 0 Å². The fourth-order valence-corrected chi connectivity index (χ4v) is 2.18. The van der Waals surface area contributed by atoms with Crippen LogP contribution in [0.3, 0.4) is 0 Å². The molecule has 0 atom stereocenters. The first-order chi connectivity index (χ1) is 12.5. The van der Waals surface area contributed by atoms with Gasteiger partial charge in [0.2, 0.25) is 5.91 Å². The van der Waals surface area contributed by atoms with Gasteiger partial charge in [-0.25, -0.2) is 0 Å². The number of ether oxygens (including phenoxy) is 3. The molecule has 0 aliphatic heterocycles. The van der Waals surface area contributed by atoms with E-state index in [9.17, 15) is 9.59 Å². The number of carbonyl (C=O) groups excluding carboxylic acids is 2. The lowest BCUT2D eigenvalue weighted by atomic mass is 10.1. The zero-order valence-corrected chi connectivity index (χ0v) is 14.8. The third kappa shape index (κ3) is 5.70. The molecule has 0 unspecified atom stereocenters. The Kier molecular flexibility index (Phi) is 6.84. The lowest BCUT2D eigenvalue weighted by Crippen LogP contribution is -2.27. The second-order valence-electron chi connectivity index (χ2n) is 5.51. The summed E-state index contributed by atoms with van der Waals surface area (Å²) >= 11 is 0. The van der Waals surface area contributed by atoms with Crippen molar-refractivity contribution in [3.05, 3.63) is 53.6 Å². The summed E-state index contributed by atoms with van der Waals surface area (Å²) in [6, 6.07) is 12.3. The predicted molar refractivity (Wildman–Crippen MR) is 96.5 cm³/mol. The Labute approximate surface area is 152 Å². The summed E-state index contributed by atoms with van der Waals surface area (Å²) < 4.78 is 16.2. The molecule has 0 bridgehead atoms. The van der Waals surface area contributed by atoms with Crippen LogP contribution in [-0.2, 0) is 11.4 Å². The quantitative estimate of drug-likeness (QED) is 0.713. The van der Waals surface area contributed by atoms with E-state index in [2.05, 4.69) is 5.32 Å². The molecule has 2 amide bonds. The summed E-state index contributed by atoms with van der Waals surface area (Å²) in [5.74, 6) is 1.20. The van der Waals surface area contributed by atoms with Crippen molar-refractivity contribution in [1.82, 2.24) is 5.32 Å². The molecule has 0 aliphatic carbocycles. The van der Waals surface area contributed by atoms with Gasteiger partial charge in [-0.3, -0.25) is 9.59 Å². The number of rotatable bonds is 9. The molecular formula is C19H22N2O5. The molecule has 0 fully saturated rings. The lowest BCUT2D eigenvalue weighted by Gasteiger charge is -2.11. The van der Waals surface area contributed by atoms with Crippen LogP contribution in [0.5, 0.6) is 17.2 Å². The average molecular weight is 358 g/mol.